The minimum absolute atomic E-state index is 0.977. The van der Waals surface area contributed by atoms with Gasteiger partial charge < -0.3 is 4.84 Å². The Labute approximate surface area is 51.4 Å². The normalized spacial score (nSPS) is 10.5. The van der Waals surface area contributed by atoms with Crippen LogP contribution in [-0.4, -0.2) is 25.3 Å². The molecule has 2 nitrogen and oxygen atoms in total. The second-order valence-electron chi connectivity index (χ2n) is 1.70. The molecule has 0 spiro atoms. The Morgan fingerprint density at radius 2 is 2.00 bits per heavy atom. The zero-order valence-corrected chi connectivity index (χ0v) is 5.98. The van der Waals surface area contributed by atoms with Gasteiger partial charge in [-0.25, -0.2) is 0 Å². The molecule has 2 heteroatoms. The third-order valence-corrected chi connectivity index (χ3v) is 1.08. The van der Waals surface area contributed by atoms with Crippen LogP contribution in [0, 0.1) is 0 Å². The fraction of sp³-hybridized carbons (Fsp3) is 1.00. The summed E-state index contributed by atoms with van der Waals surface area (Å²) in [4.78, 5) is 4.97. The second-order valence-corrected chi connectivity index (χ2v) is 1.70. The van der Waals surface area contributed by atoms with Gasteiger partial charge in [0.05, 0.1) is 7.11 Å². The van der Waals surface area contributed by atoms with Crippen molar-refractivity contribution in [3.05, 3.63) is 0 Å². The van der Waals surface area contributed by atoms with Crippen LogP contribution >= 0.6 is 0 Å². The standard InChI is InChI=1S/C6H15NO/c1-4-6-7(5-2)8-3/h4-6H2,1-3H3. The van der Waals surface area contributed by atoms with Gasteiger partial charge in [-0.1, -0.05) is 13.8 Å². The van der Waals surface area contributed by atoms with E-state index in [4.69, 9.17) is 4.84 Å². The maximum atomic E-state index is 4.97. The predicted molar refractivity (Wildman–Crippen MR) is 34.5 cm³/mol. The highest BCUT2D eigenvalue weighted by molar-refractivity contribution is 4.36. The molecule has 8 heavy (non-hydrogen) atoms. The van der Waals surface area contributed by atoms with Crippen molar-refractivity contribution in [2.24, 2.45) is 0 Å². The molecule has 0 aliphatic heterocycles. The zero-order chi connectivity index (χ0) is 6.41. The first kappa shape index (κ1) is 7.92. The van der Waals surface area contributed by atoms with Crippen LogP contribution in [0.25, 0.3) is 0 Å². The third kappa shape index (κ3) is 2.99. The van der Waals surface area contributed by atoms with Gasteiger partial charge in [0.1, 0.15) is 0 Å². The molecule has 0 unspecified atom stereocenters. The van der Waals surface area contributed by atoms with E-state index >= 15 is 0 Å². The molecule has 0 amide bonds. The minimum Gasteiger partial charge on any atom is -0.302 e. The SMILES string of the molecule is CCCN(CC)OC. The summed E-state index contributed by atoms with van der Waals surface area (Å²) < 4.78 is 0. The molecule has 0 aliphatic carbocycles. The highest BCUT2D eigenvalue weighted by atomic mass is 16.7. The predicted octanol–water partition coefficient (Wildman–Crippen LogP) is 1.28. The molecule has 0 aromatic rings. The van der Waals surface area contributed by atoms with Gasteiger partial charge in [0.25, 0.3) is 0 Å². The van der Waals surface area contributed by atoms with E-state index < -0.39 is 0 Å². The van der Waals surface area contributed by atoms with Crippen LogP contribution in [0.15, 0.2) is 0 Å². The summed E-state index contributed by atoms with van der Waals surface area (Å²) in [5.41, 5.74) is 0. The van der Waals surface area contributed by atoms with Gasteiger partial charge in [0, 0.05) is 13.1 Å². The van der Waals surface area contributed by atoms with E-state index in [1.807, 2.05) is 5.06 Å². The Bertz CT molecular complexity index is 43.8. The first-order chi connectivity index (χ1) is 3.85. The lowest BCUT2D eigenvalue weighted by Crippen LogP contribution is -2.22. The van der Waals surface area contributed by atoms with Crippen molar-refractivity contribution in [3.8, 4) is 0 Å². The number of hydrogen-bond acceptors (Lipinski definition) is 2. The summed E-state index contributed by atoms with van der Waals surface area (Å²) in [6, 6.07) is 0. The molecule has 0 fully saturated rings. The van der Waals surface area contributed by atoms with Crippen LogP contribution in [0.4, 0.5) is 0 Å². The number of rotatable bonds is 4. The lowest BCUT2D eigenvalue weighted by molar-refractivity contribution is -0.127. The smallest absolute Gasteiger partial charge is 0.0575 e. The lowest BCUT2D eigenvalue weighted by atomic mass is 10.5. The van der Waals surface area contributed by atoms with Gasteiger partial charge >= 0.3 is 0 Å². The van der Waals surface area contributed by atoms with E-state index in [1.54, 1.807) is 7.11 Å². The van der Waals surface area contributed by atoms with Gasteiger partial charge in [-0.05, 0) is 6.42 Å². The van der Waals surface area contributed by atoms with Crippen LogP contribution in [0.5, 0.6) is 0 Å². The minimum atomic E-state index is 0.977. The Hall–Kier alpha value is -0.0800. The summed E-state index contributed by atoms with van der Waals surface area (Å²) in [7, 11) is 1.71. The van der Waals surface area contributed by atoms with E-state index in [2.05, 4.69) is 13.8 Å². The topological polar surface area (TPSA) is 12.5 Å². The first-order valence-corrected chi connectivity index (χ1v) is 3.14. The van der Waals surface area contributed by atoms with Gasteiger partial charge in [0.15, 0.2) is 0 Å². The van der Waals surface area contributed by atoms with Gasteiger partial charge in [-0.3, -0.25) is 0 Å². The molecule has 0 heterocycles. The summed E-state index contributed by atoms with van der Waals surface area (Å²) in [5.74, 6) is 0. The molecular formula is C6H15NO. The van der Waals surface area contributed by atoms with Crippen LogP contribution in [-0.2, 0) is 4.84 Å². The average Bonchev–Trinajstić information content (AvgIpc) is 1.83. The Balaban J connectivity index is 3.07. The average molecular weight is 117 g/mol. The van der Waals surface area contributed by atoms with Crippen LogP contribution in [0.3, 0.4) is 0 Å². The Morgan fingerprint density at radius 3 is 2.12 bits per heavy atom. The van der Waals surface area contributed by atoms with E-state index in [-0.39, 0.29) is 0 Å². The highest BCUT2D eigenvalue weighted by Crippen LogP contribution is 1.87. The summed E-state index contributed by atoms with van der Waals surface area (Å²) in [6.07, 6.45) is 1.15. The van der Waals surface area contributed by atoms with Crippen LogP contribution < -0.4 is 0 Å². The maximum absolute atomic E-state index is 4.97. The van der Waals surface area contributed by atoms with E-state index in [1.165, 1.54) is 0 Å². The van der Waals surface area contributed by atoms with Gasteiger partial charge in [-0.15, -0.1) is 0 Å². The van der Waals surface area contributed by atoms with Crippen LogP contribution in [0.1, 0.15) is 20.3 Å². The van der Waals surface area contributed by atoms with Crippen molar-refractivity contribution >= 4 is 0 Å². The molecule has 0 saturated heterocycles. The van der Waals surface area contributed by atoms with Crippen molar-refractivity contribution in [2.45, 2.75) is 20.3 Å². The zero-order valence-electron chi connectivity index (χ0n) is 5.98. The molecule has 0 aliphatic rings. The number of hydrogen-bond donors (Lipinski definition) is 0. The molecule has 50 valence electrons. The number of hydroxylamine groups is 2. The molecule has 0 aromatic carbocycles. The van der Waals surface area contributed by atoms with E-state index in [0.29, 0.717) is 0 Å². The van der Waals surface area contributed by atoms with Gasteiger partial charge in [-0.2, -0.15) is 5.06 Å². The molecule has 0 rings (SSSR count). The second kappa shape index (κ2) is 5.06. The fourth-order valence-corrected chi connectivity index (χ4v) is 0.628. The van der Waals surface area contributed by atoms with Crippen molar-refractivity contribution in [1.82, 2.24) is 5.06 Å². The molecule has 0 aromatic heterocycles. The van der Waals surface area contributed by atoms with Crippen LogP contribution in [0.2, 0.25) is 0 Å². The van der Waals surface area contributed by atoms with Crippen molar-refractivity contribution in [2.75, 3.05) is 20.2 Å². The molecule has 0 radical (unpaired) electrons. The highest BCUT2D eigenvalue weighted by Gasteiger charge is 1.93. The third-order valence-electron chi connectivity index (χ3n) is 1.08. The lowest BCUT2D eigenvalue weighted by Gasteiger charge is -2.14. The van der Waals surface area contributed by atoms with Crippen molar-refractivity contribution < 1.29 is 4.84 Å². The quantitative estimate of drug-likeness (QED) is 0.514. The van der Waals surface area contributed by atoms with E-state index in [9.17, 15) is 0 Å². The monoisotopic (exact) mass is 117 g/mol. The summed E-state index contributed by atoms with van der Waals surface area (Å²) in [5, 5.41) is 1.93. The largest absolute Gasteiger partial charge is 0.302 e. The van der Waals surface area contributed by atoms with Gasteiger partial charge in [0.2, 0.25) is 0 Å². The summed E-state index contributed by atoms with van der Waals surface area (Å²) >= 11 is 0. The number of nitrogens with zero attached hydrogens (tertiary/aromatic N) is 1. The molecule has 0 N–H and O–H groups in total. The molecule has 0 atom stereocenters. The Kier molecular flexibility index (Phi) is 5.01. The van der Waals surface area contributed by atoms with Crippen molar-refractivity contribution in [1.29, 1.82) is 0 Å². The Morgan fingerprint density at radius 1 is 1.38 bits per heavy atom. The summed E-state index contributed by atoms with van der Waals surface area (Å²) in [6.45, 7) is 6.23. The van der Waals surface area contributed by atoms with E-state index in [0.717, 1.165) is 19.5 Å². The maximum Gasteiger partial charge on any atom is 0.0575 e. The molecule has 0 bridgehead atoms. The molecule has 0 saturated carbocycles. The van der Waals surface area contributed by atoms with Crippen molar-refractivity contribution in [3.63, 3.8) is 0 Å². The first-order valence-electron chi connectivity index (χ1n) is 3.14. The molecular weight excluding hydrogens is 102 g/mol. The fourth-order valence-electron chi connectivity index (χ4n) is 0.628.